The van der Waals surface area contributed by atoms with Crippen molar-refractivity contribution in [3.63, 3.8) is 0 Å². The number of benzene rings is 2. The lowest BCUT2D eigenvalue weighted by atomic mass is 10.1. The molecular weight excluding hydrogens is 328 g/mol. The van der Waals surface area contributed by atoms with E-state index in [-0.39, 0.29) is 0 Å². The van der Waals surface area contributed by atoms with E-state index in [1.54, 1.807) is 11.8 Å². The van der Waals surface area contributed by atoms with Gasteiger partial charge >= 0.3 is 0 Å². The number of ether oxygens (including phenoxy) is 1. The minimum absolute atomic E-state index is 0.608. The van der Waals surface area contributed by atoms with Gasteiger partial charge in [-0.05, 0) is 43.0 Å². The molecule has 0 atom stereocenters. The number of hydrogen-bond donors (Lipinski definition) is 0. The predicted molar refractivity (Wildman–Crippen MR) is 103 cm³/mol. The predicted octanol–water partition coefficient (Wildman–Crippen LogP) is 5.74. The van der Waals surface area contributed by atoms with Crippen LogP contribution in [0.3, 0.4) is 0 Å². The molecule has 0 amide bonds. The number of aromatic nitrogens is 2. The van der Waals surface area contributed by atoms with Crippen LogP contribution in [-0.4, -0.2) is 9.97 Å². The van der Waals surface area contributed by atoms with Gasteiger partial charge in [0.25, 0.3) is 0 Å². The summed E-state index contributed by atoms with van der Waals surface area (Å²) in [5.74, 6) is 2.30. The molecule has 25 heavy (non-hydrogen) atoms. The van der Waals surface area contributed by atoms with Gasteiger partial charge < -0.3 is 4.74 Å². The summed E-state index contributed by atoms with van der Waals surface area (Å²) in [5, 5.41) is 0.753. The minimum Gasteiger partial charge on any atom is -0.439 e. The van der Waals surface area contributed by atoms with Crippen molar-refractivity contribution >= 4 is 11.8 Å². The fourth-order valence-corrected chi connectivity index (χ4v) is 3.24. The number of aryl methyl sites for hydroxylation is 2. The van der Waals surface area contributed by atoms with E-state index in [0.29, 0.717) is 5.88 Å². The highest BCUT2D eigenvalue weighted by molar-refractivity contribution is 7.98. The van der Waals surface area contributed by atoms with E-state index < -0.39 is 0 Å². The fraction of sp³-hybridized carbons (Fsp3) is 0.238. The van der Waals surface area contributed by atoms with Crippen molar-refractivity contribution in [2.24, 2.45) is 0 Å². The molecule has 0 saturated heterocycles. The molecule has 0 aliphatic rings. The van der Waals surface area contributed by atoms with Crippen LogP contribution >= 0.6 is 11.8 Å². The molecular formula is C21H22N2OS. The Labute approximate surface area is 153 Å². The quantitative estimate of drug-likeness (QED) is 0.419. The average Bonchev–Trinajstić information content (AvgIpc) is 2.64. The molecule has 3 aromatic rings. The van der Waals surface area contributed by atoms with Crippen molar-refractivity contribution < 1.29 is 4.74 Å². The molecule has 0 aliphatic heterocycles. The van der Waals surface area contributed by atoms with E-state index in [2.05, 4.69) is 48.9 Å². The van der Waals surface area contributed by atoms with E-state index in [9.17, 15) is 0 Å². The smallest absolute Gasteiger partial charge is 0.223 e. The van der Waals surface area contributed by atoms with Crippen LogP contribution in [0.5, 0.6) is 11.6 Å². The number of thioether (sulfide) groups is 1. The van der Waals surface area contributed by atoms with Gasteiger partial charge in [-0.3, -0.25) is 0 Å². The molecule has 3 nitrogen and oxygen atoms in total. The molecule has 0 spiro atoms. The molecule has 0 N–H and O–H groups in total. The van der Waals surface area contributed by atoms with Crippen LogP contribution in [0.25, 0.3) is 0 Å². The maximum absolute atomic E-state index is 6.06. The van der Waals surface area contributed by atoms with Gasteiger partial charge in [0, 0.05) is 17.5 Å². The van der Waals surface area contributed by atoms with Crippen molar-refractivity contribution in [3.8, 4) is 11.6 Å². The summed E-state index contributed by atoms with van der Waals surface area (Å²) in [6, 6.07) is 18.3. The summed E-state index contributed by atoms with van der Waals surface area (Å²) in [6.45, 7) is 6.24. The Morgan fingerprint density at radius 1 is 0.960 bits per heavy atom. The molecule has 128 valence electrons. The minimum atomic E-state index is 0.608. The zero-order valence-electron chi connectivity index (χ0n) is 14.8. The second-order valence-electron chi connectivity index (χ2n) is 5.91. The molecule has 4 heteroatoms. The lowest BCUT2D eigenvalue weighted by Crippen LogP contribution is -1.98. The largest absolute Gasteiger partial charge is 0.439 e. The third-order valence-electron chi connectivity index (χ3n) is 4.08. The first-order valence-electron chi connectivity index (χ1n) is 8.44. The molecule has 0 bridgehead atoms. The van der Waals surface area contributed by atoms with Gasteiger partial charge in [-0.1, -0.05) is 61.2 Å². The highest BCUT2D eigenvalue weighted by atomic mass is 32.2. The fourth-order valence-electron chi connectivity index (χ4n) is 2.42. The Morgan fingerprint density at radius 2 is 1.76 bits per heavy atom. The third kappa shape index (κ3) is 4.60. The van der Waals surface area contributed by atoms with Crippen molar-refractivity contribution in [2.75, 3.05) is 0 Å². The molecule has 1 aromatic heterocycles. The normalized spacial score (nSPS) is 10.7. The zero-order valence-corrected chi connectivity index (χ0v) is 15.6. The molecule has 0 unspecified atom stereocenters. The highest BCUT2D eigenvalue weighted by Crippen LogP contribution is 2.28. The van der Waals surface area contributed by atoms with Crippen LogP contribution in [0.15, 0.2) is 59.8 Å². The van der Waals surface area contributed by atoms with Gasteiger partial charge in [-0.15, -0.1) is 0 Å². The zero-order chi connectivity index (χ0) is 17.6. The lowest BCUT2D eigenvalue weighted by molar-refractivity contribution is 0.450. The van der Waals surface area contributed by atoms with E-state index >= 15 is 0 Å². The Kier molecular flexibility index (Phi) is 5.71. The van der Waals surface area contributed by atoms with Gasteiger partial charge in [-0.2, -0.15) is 4.98 Å². The lowest BCUT2D eigenvalue weighted by Gasteiger charge is -2.11. The van der Waals surface area contributed by atoms with E-state index in [4.69, 9.17) is 4.74 Å². The van der Waals surface area contributed by atoms with Crippen LogP contribution < -0.4 is 4.74 Å². The Morgan fingerprint density at radius 3 is 2.52 bits per heavy atom. The molecule has 0 radical (unpaired) electrons. The molecule has 2 aromatic carbocycles. The number of hydrogen-bond acceptors (Lipinski definition) is 4. The molecule has 1 heterocycles. The first-order chi connectivity index (χ1) is 12.2. The van der Waals surface area contributed by atoms with Crippen LogP contribution in [0.2, 0.25) is 0 Å². The summed E-state index contributed by atoms with van der Waals surface area (Å²) in [6.07, 6.45) is 0.852. The van der Waals surface area contributed by atoms with Crippen molar-refractivity contribution in [1.82, 2.24) is 9.97 Å². The SMILES string of the molecule is CCc1cc(Oc2cccc(C)c2C)nc(SCc2ccccc2)n1. The molecule has 0 saturated carbocycles. The van der Waals surface area contributed by atoms with Crippen molar-refractivity contribution in [1.29, 1.82) is 0 Å². The third-order valence-corrected chi connectivity index (χ3v) is 5.00. The first kappa shape index (κ1) is 17.5. The van der Waals surface area contributed by atoms with Crippen molar-refractivity contribution in [2.45, 2.75) is 38.1 Å². The number of nitrogens with zero attached hydrogens (tertiary/aromatic N) is 2. The highest BCUT2D eigenvalue weighted by Gasteiger charge is 2.09. The molecule has 0 aliphatic carbocycles. The van der Waals surface area contributed by atoms with Gasteiger partial charge in [0.2, 0.25) is 5.88 Å². The molecule has 0 fully saturated rings. The Bertz CT molecular complexity index is 850. The van der Waals surface area contributed by atoms with Crippen LogP contribution in [0.1, 0.15) is 29.3 Å². The Balaban J connectivity index is 1.81. The summed E-state index contributed by atoms with van der Waals surface area (Å²) >= 11 is 1.63. The summed E-state index contributed by atoms with van der Waals surface area (Å²) in [7, 11) is 0. The Hall–Kier alpha value is -2.33. The second kappa shape index (κ2) is 8.17. The first-order valence-corrected chi connectivity index (χ1v) is 9.43. The van der Waals surface area contributed by atoms with Crippen LogP contribution in [0, 0.1) is 13.8 Å². The van der Waals surface area contributed by atoms with Gasteiger partial charge in [0.1, 0.15) is 5.75 Å². The van der Waals surface area contributed by atoms with E-state index in [0.717, 1.165) is 34.3 Å². The maximum Gasteiger partial charge on any atom is 0.223 e. The standard InChI is InChI=1S/C21H22N2OS/c1-4-18-13-20(24-19-12-8-9-15(2)16(19)3)23-21(22-18)25-14-17-10-6-5-7-11-17/h5-13H,4,14H2,1-3H3. The van der Waals surface area contributed by atoms with E-state index in [1.807, 2.05) is 36.4 Å². The molecule has 3 rings (SSSR count). The van der Waals surface area contributed by atoms with Gasteiger partial charge in [0.05, 0.1) is 0 Å². The maximum atomic E-state index is 6.06. The van der Waals surface area contributed by atoms with Crippen LogP contribution in [-0.2, 0) is 12.2 Å². The second-order valence-corrected chi connectivity index (χ2v) is 6.85. The van der Waals surface area contributed by atoms with Crippen molar-refractivity contribution in [3.05, 3.63) is 77.0 Å². The van der Waals surface area contributed by atoms with Gasteiger partial charge in [0.15, 0.2) is 5.16 Å². The number of rotatable bonds is 6. The van der Waals surface area contributed by atoms with Gasteiger partial charge in [-0.25, -0.2) is 4.98 Å². The summed E-state index contributed by atoms with van der Waals surface area (Å²) in [4.78, 5) is 9.21. The monoisotopic (exact) mass is 350 g/mol. The topological polar surface area (TPSA) is 35.0 Å². The average molecular weight is 350 g/mol. The van der Waals surface area contributed by atoms with E-state index in [1.165, 1.54) is 11.1 Å². The summed E-state index contributed by atoms with van der Waals surface area (Å²) < 4.78 is 6.06. The van der Waals surface area contributed by atoms with Crippen LogP contribution in [0.4, 0.5) is 0 Å². The summed E-state index contributed by atoms with van der Waals surface area (Å²) in [5.41, 5.74) is 4.60.